The van der Waals surface area contributed by atoms with Gasteiger partial charge < -0.3 is 19.8 Å². The average molecular weight is 493 g/mol. The van der Waals surface area contributed by atoms with E-state index in [0.717, 1.165) is 6.54 Å². The molecule has 2 N–H and O–H groups in total. The molecule has 0 radical (unpaired) electrons. The van der Waals surface area contributed by atoms with Crippen molar-refractivity contribution in [2.45, 2.75) is 76.0 Å². The van der Waals surface area contributed by atoms with Gasteiger partial charge in [0.1, 0.15) is 22.4 Å². The van der Waals surface area contributed by atoms with Crippen LogP contribution in [0.25, 0.3) is 0 Å². The number of nitrogens with zero attached hydrogens (tertiary/aromatic N) is 2. The summed E-state index contributed by atoms with van der Waals surface area (Å²) in [6.45, 7) is 8.61. The van der Waals surface area contributed by atoms with Gasteiger partial charge in [0.15, 0.2) is 0 Å². The van der Waals surface area contributed by atoms with Crippen molar-refractivity contribution in [1.29, 1.82) is 0 Å². The second-order valence-electron chi connectivity index (χ2n) is 10.6. The Morgan fingerprint density at radius 3 is 2.56 bits per heavy atom. The minimum Gasteiger partial charge on any atom is -0.487 e. The lowest BCUT2D eigenvalue weighted by atomic mass is 10.0. The van der Waals surface area contributed by atoms with E-state index < -0.39 is 21.7 Å². The van der Waals surface area contributed by atoms with E-state index in [0.29, 0.717) is 18.0 Å². The molecule has 0 saturated heterocycles. The molecule has 0 aromatic heterocycles. The maximum absolute atomic E-state index is 13.6. The number of fused-ring (bicyclic) bond motifs is 1. The highest BCUT2D eigenvalue weighted by atomic mass is 32.2. The van der Waals surface area contributed by atoms with Gasteiger partial charge in [-0.3, -0.25) is 0 Å². The normalized spacial score (nSPS) is 24.5. The van der Waals surface area contributed by atoms with Crippen molar-refractivity contribution in [3.63, 3.8) is 0 Å². The standard InChI is InChI=1S/C26H40N2O5S/c1-19-15-28(20(2)18-29)34(31,32)25-11-10-21(12-13-26(3,4)30)14-23(25)33-24(19)17-27(5)16-22-8-6-7-9-22/h10-11,14,19-20,22,24,29-30H,6-9,15-18H2,1-5H3/t19-,20-,24+/m1/s1. The topological polar surface area (TPSA) is 90.3 Å². The van der Waals surface area contributed by atoms with Crippen LogP contribution in [0.3, 0.4) is 0 Å². The van der Waals surface area contributed by atoms with Gasteiger partial charge in [-0.05, 0) is 64.8 Å². The van der Waals surface area contributed by atoms with Crippen molar-refractivity contribution in [1.82, 2.24) is 9.21 Å². The number of hydrogen-bond donors (Lipinski definition) is 2. The van der Waals surface area contributed by atoms with Gasteiger partial charge in [0.05, 0.1) is 6.61 Å². The van der Waals surface area contributed by atoms with E-state index in [4.69, 9.17) is 4.74 Å². The SMILES string of the molecule is C[C@@H]1CN([C@H](C)CO)S(=O)(=O)c2ccc(C#CC(C)(C)O)cc2O[C@H]1CN(C)CC1CCCC1. The number of hydrogen-bond acceptors (Lipinski definition) is 6. The molecule has 1 aromatic carbocycles. The van der Waals surface area contributed by atoms with Crippen molar-refractivity contribution in [2.24, 2.45) is 11.8 Å². The van der Waals surface area contributed by atoms with Crippen LogP contribution in [-0.4, -0.2) is 78.9 Å². The van der Waals surface area contributed by atoms with E-state index in [2.05, 4.69) is 23.8 Å². The second-order valence-corrected chi connectivity index (χ2v) is 12.4. The lowest BCUT2D eigenvalue weighted by molar-refractivity contribution is 0.0712. The van der Waals surface area contributed by atoms with Gasteiger partial charge >= 0.3 is 0 Å². The zero-order chi connectivity index (χ0) is 25.1. The molecule has 1 aliphatic carbocycles. The molecule has 0 amide bonds. The highest BCUT2D eigenvalue weighted by Gasteiger charge is 2.38. The Labute approximate surface area is 205 Å². The summed E-state index contributed by atoms with van der Waals surface area (Å²) in [5, 5.41) is 19.8. The zero-order valence-corrected chi connectivity index (χ0v) is 21.9. The van der Waals surface area contributed by atoms with Crippen molar-refractivity contribution in [2.75, 3.05) is 33.3 Å². The molecular formula is C26H40N2O5S. The Kier molecular flexibility index (Phi) is 8.70. The van der Waals surface area contributed by atoms with Crippen LogP contribution < -0.4 is 4.74 Å². The molecule has 7 nitrogen and oxygen atoms in total. The molecule has 34 heavy (non-hydrogen) atoms. The van der Waals surface area contributed by atoms with Crippen molar-refractivity contribution >= 4 is 10.0 Å². The van der Waals surface area contributed by atoms with Crippen LogP contribution >= 0.6 is 0 Å². The van der Waals surface area contributed by atoms with E-state index >= 15 is 0 Å². The predicted molar refractivity (Wildman–Crippen MR) is 133 cm³/mol. The summed E-state index contributed by atoms with van der Waals surface area (Å²) >= 11 is 0. The first-order chi connectivity index (χ1) is 15.9. The van der Waals surface area contributed by atoms with Crippen LogP contribution in [0.2, 0.25) is 0 Å². The van der Waals surface area contributed by atoms with Crippen LogP contribution in [0.5, 0.6) is 5.75 Å². The van der Waals surface area contributed by atoms with Crippen molar-refractivity contribution in [3.05, 3.63) is 23.8 Å². The van der Waals surface area contributed by atoms with Gasteiger partial charge in [0, 0.05) is 37.2 Å². The highest BCUT2D eigenvalue weighted by molar-refractivity contribution is 7.89. The van der Waals surface area contributed by atoms with E-state index in [1.54, 1.807) is 32.9 Å². The smallest absolute Gasteiger partial charge is 0.247 e. The third kappa shape index (κ3) is 6.73. The second kappa shape index (κ2) is 11.0. The highest BCUT2D eigenvalue weighted by Crippen LogP contribution is 2.34. The maximum Gasteiger partial charge on any atom is 0.247 e. The van der Waals surface area contributed by atoms with Crippen molar-refractivity contribution in [3.8, 4) is 17.6 Å². The molecule has 0 bridgehead atoms. The summed E-state index contributed by atoms with van der Waals surface area (Å²) in [7, 11) is -1.78. The fourth-order valence-electron chi connectivity index (χ4n) is 4.76. The molecule has 8 heteroatoms. The number of rotatable bonds is 6. The summed E-state index contributed by atoms with van der Waals surface area (Å²) in [6, 6.07) is 4.25. The number of aliphatic hydroxyl groups excluding tert-OH is 1. The lowest BCUT2D eigenvalue weighted by Gasteiger charge is -2.38. The van der Waals surface area contributed by atoms with Crippen molar-refractivity contribution < 1.29 is 23.4 Å². The third-order valence-electron chi connectivity index (χ3n) is 6.72. The first kappa shape index (κ1) is 27.0. The van der Waals surface area contributed by atoms with E-state index in [1.807, 2.05) is 6.92 Å². The van der Waals surface area contributed by atoms with Crippen LogP contribution in [0, 0.1) is 23.7 Å². The fourth-order valence-corrected chi connectivity index (χ4v) is 6.59. The minimum atomic E-state index is -3.88. The molecule has 190 valence electrons. The first-order valence-corrected chi connectivity index (χ1v) is 13.7. The average Bonchev–Trinajstić information content (AvgIpc) is 3.26. The summed E-state index contributed by atoms with van der Waals surface area (Å²) in [5.41, 5.74) is -0.589. The molecule has 1 saturated carbocycles. The lowest BCUT2D eigenvalue weighted by Crippen LogP contribution is -2.49. The molecule has 1 aromatic rings. The van der Waals surface area contributed by atoms with Crippen LogP contribution in [0.1, 0.15) is 58.9 Å². The largest absolute Gasteiger partial charge is 0.487 e. The molecule has 1 heterocycles. The maximum atomic E-state index is 13.6. The summed E-state index contributed by atoms with van der Waals surface area (Å²) < 4.78 is 34.9. The molecule has 0 spiro atoms. The van der Waals surface area contributed by atoms with Crippen LogP contribution in [-0.2, 0) is 10.0 Å². The molecule has 3 atom stereocenters. The van der Waals surface area contributed by atoms with Gasteiger partial charge in [-0.25, -0.2) is 8.42 Å². The van der Waals surface area contributed by atoms with Gasteiger partial charge in [-0.15, -0.1) is 0 Å². The molecule has 1 aliphatic heterocycles. The van der Waals surface area contributed by atoms with Gasteiger partial charge in [-0.2, -0.15) is 4.31 Å². The number of likely N-dealkylation sites (N-methyl/N-ethyl adjacent to an activating group) is 1. The molecule has 1 fully saturated rings. The molecule has 3 rings (SSSR count). The number of benzene rings is 1. The minimum absolute atomic E-state index is 0.0805. The quantitative estimate of drug-likeness (QED) is 0.594. The third-order valence-corrected chi connectivity index (χ3v) is 8.74. The molecule has 2 aliphatic rings. The Morgan fingerprint density at radius 2 is 1.94 bits per heavy atom. The zero-order valence-electron chi connectivity index (χ0n) is 21.1. The Bertz CT molecular complexity index is 1000. The number of aliphatic hydroxyl groups is 2. The van der Waals surface area contributed by atoms with E-state index in [-0.39, 0.29) is 35.8 Å². The number of ether oxygens (including phenoxy) is 1. The fraction of sp³-hybridized carbons (Fsp3) is 0.692. The van der Waals surface area contributed by atoms with E-state index in [1.165, 1.54) is 36.1 Å². The predicted octanol–water partition coefficient (Wildman–Crippen LogP) is 2.70. The first-order valence-electron chi connectivity index (χ1n) is 12.3. The molecular weight excluding hydrogens is 452 g/mol. The monoisotopic (exact) mass is 492 g/mol. The van der Waals surface area contributed by atoms with Gasteiger partial charge in [-0.1, -0.05) is 31.6 Å². The molecule has 0 unspecified atom stereocenters. The number of sulfonamides is 1. The summed E-state index contributed by atoms with van der Waals surface area (Å²) in [4.78, 5) is 2.38. The Hall–Kier alpha value is -1.63. The van der Waals surface area contributed by atoms with E-state index in [9.17, 15) is 18.6 Å². The Balaban J connectivity index is 1.98. The van der Waals surface area contributed by atoms with Gasteiger partial charge in [0.2, 0.25) is 10.0 Å². The summed E-state index contributed by atoms with van der Waals surface area (Å²) in [6.07, 6.45) is 4.88. The van der Waals surface area contributed by atoms with Gasteiger partial charge in [0.25, 0.3) is 0 Å². The van der Waals surface area contributed by atoms with Crippen LogP contribution in [0.15, 0.2) is 23.1 Å². The summed E-state index contributed by atoms with van der Waals surface area (Å²) in [5.74, 6) is 6.57. The Morgan fingerprint density at radius 1 is 1.26 bits per heavy atom. The van der Waals surface area contributed by atoms with Crippen LogP contribution in [0.4, 0.5) is 0 Å².